The first kappa shape index (κ1) is 24.4. The summed E-state index contributed by atoms with van der Waals surface area (Å²) in [5.41, 5.74) is 2.15. The molecule has 0 spiro atoms. The zero-order valence-electron chi connectivity index (χ0n) is 20.5. The molecule has 0 bridgehead atoms. The number of carbonyl (C=O) groups excluding carboxylic acids is 2. The van der Waals surface area contributed by atoms with E-state index in [-0.39, 0.29) is 24.2 Å². The molecule has 3 aromatic carbocycles. The molecular formula is C28H28FN5O3. The summed E-state index contributed by atoms with van der Waals surface area (Å²) in [5, 5.41) is 11.4. The molecule has 1 atom stereocenters. The Bertz CT molecular complexity index is 1420. The standard InChI is InChI=1S/C28H28FN5O3/c1-37-23-13-6-8-19(16-23)27(28(36)30-21-10-2-3-11-21)34(22-12-7-9-20(29)17-22)26(35)18-33-25-15-5-4-14-24(25)31-32-33/h4-9,12-17,21,27H,2-3,10-11,18H2,1H3,(H,30,36). The number of nitrogens with one attached hydrogen (secondary N) is 1. The Labute approximate surface area is 214 Å². The number of hydrogen-bond donors (Lipinski definition) is 1. The number of anilines is 1. The minimum atomic E-state index is -1.06. The molecule has 0 aliphatic heterocycles. The average Bonchev–Trinajstić information content (AvgIpc) is 3.57. The minimum Gasteiger partial charge on any atom is -0.497 e. The average molecular weight is 502 g/mol. The Hall–Kier alpha value is -4.27. The third-order valence-corrected chi connectivity index (χ3v) is 6.68. The maximum atomic E-state index is 14.4. The summed E-state index contributed by atoms with van der Waals surface area (Å²) in [4.78, 5) is 29.2. The van der Waals surface area contributed by atoms with Crippen LogP contribution in [0.1, 0.15) is 37.3 Å². The van der Waals surface area contributed by atoms with Crippen molar-refractivity contribution in [1.82, 2.24) is 20.3 Å². The van der Waals surface area contributed by atoms with Crippen molar-refractivity contribution in [3.8, 4) is 5.75 Å². The lowest BCUT2D eigenvalue weighted by Gasteiger charge is -2.32. The van der Waals surface area contributed by atoms with Crippen LogP contribution in [-0.4, -0.2) is 40.0 Å². The first-order valence-corrected chi connectivity index (χ1v) is 12.3. The van der Waals surface area contributed by atoms with Crippen molar-refractivity contribution in [2.45, 2.75) is 44.3 Å². The fourth-order valence-electron chi connectivity index (χ4n) is 4.88. The fraction of sp³-hybridized carbons (Fsp3) is 0.286. The molecule has 1 aliphatic rings. The lowest BCUT2D eigenvalue weighted by Crippen LogP contribution is -2.47. The number of amides is 2. The molecule has 5 rings (SSSR count). The number of carbonyl (C=O) groups is 2. The molecule has 1 N–H and O–H groups in total. The van der Waals surface area contributed by atoms with Gasteiger partial charge in [-0.3, -0.25) is 14.5 Å². The molecule has 1 heterocycles. The summed E-state index contributed by atoms with van der Waals surface area (Å²) >= 11 is 0. The summed E-state index contributed by atoms with van der Waals surface area (Å²) in [7, 11) is 1.54. The summed E-state index contributed by atoms with van der Waals surface area (Å²) < 4.78 is 21.3. The third-order valence-electron chi connectivity index (χ3n) is 6.68. The smallest absolute Gasteiger partial charge is 0.249 e. The number of methoxy groups -OCH3 is 1. The van der Waals surface area contributed by atoms with Gasteiger partial charge in [-0.25, -0.2) is 9.07 Å². The Balaban J connectivity index is 1.58. The van der Waals surface area contributed by atoms with Crippen molar-refractivity contribution in [2.75, 3.05) is 12.0 Å². The van der Waals surface area contributed by atoms with Crippen LogP contribution in [0.3, 0.4) is 0 Å². The molecule has 1 aliphatic carbocycles. The molecule has 1 saturated carbocycles. The molecule has 8 nitrogen and oxygen atoms in total. The van der Waals surface area contributed by atoms with E-state index in [1.54, 1.807) is 30.3 Å². The lowest BCUT2D eigenvalue weighted by molar-refractivity contribution is -0.127. The highest BCUT2D eigenvalue weighted by atomic mass is 19.1. The van der Waals surface area contributed by atoms with Gasteiger partial charge in [0.05, 0.1) is 12.6 Å². The van der Waals surface area contributed by atoms with Crippen molar-refractivity contribution in [3.05, 3.63) is 84.2 Å². The number of hydrogen-bond acceptors (Lipinski definition) is 5. The highest BCUT2D eigenvalue weighted by Gasteiger charge is 2.35. The number of aromatic nitrogens is 3. The van der Waals surface area contributed by atoms with E-state index in [9.17, 15) is 14.0 Å². The van der Waals surface area contributed by atoms with Gasteiger partial charge in [0.1, 0.15) is 29.7 Å². The Morgan fingerprint density at radius 1 is 1.08 bits per heavy atom. The van der Waals surface area contributed by atoms with E-state index in [1.807, 2.05) is 24.3 Å². The van der Waals surface area contributed by atoms with Crippen LogP contribution in [0.25, 0.3) is 11.0 Å². The number of nitrogens with zero attached hydrogens (tertiary/aromatic N) is 4. The van der Waals surface area contributed by atoms with E-state index in [0.29, 0.717) is 22.3 Å². The van der Waals surface area contributed by atoms with Gasteiger partial charge in [-0.2, -0.15) is 0 Å². The zero-order chi connectivity index (χ0) is 25.8. The minimum absolute atomic E-state index is 0.0318. The van der Waals surface area contributed by atoms with E-state index >= 15 is 0 Å². The summed E-state index contributed by atoms with van der Waals surface area (Å²) in [6.07, 6.45) is 3.85. The van der Waals surface area contributed by atoms with Gasteiger partial charge in [-0.1, -0.05) is 48.4 Å². The molecule has 1 fully saturated rings. The largest absolute Gasteiger partial charge is 0.497 e. The van der Waals surface area contributed by atoms with Gasteiger partial charge in [0.15, 0.2) is 0 Å². The number of halogens is 1. The van der Waals surface area contributed by atoms with E-state index in [1.165, 1.54) is 34.9 Å². The quantitative estimate of drug-likeness (QED) is 0.386. The van der Waals surface area contributed by atoms with E-state index in [2.05, 4.69) is 15.6 Å². The first-order valence-electron chi connectivity index (χ1n) is 12.3. The normalized spacial score (nSPS) is 14.4. The van der Waals surface area contributed by atoms with Crippen LogP contribution in [0.4, 0.5) is 10.1 Å². The molecule has 1 unspecified atom stereocenters. The predicted octanol–water partition coefficient (Wildman–Crippen LogP) is 4.41. The Morgan fingerprint density at radius 3 is 2.65 bits per heavy atom. The number of benzene rings is 3. The van der Waals surface area contributed by atoms with Gasteiger partial charge in [0.2, 0.25) is 11.8 Å². The van der Waals surface area contributed by atoms with Gasteiger partial charge in [0, 0.05) is 11.7 Å². The van der Waals surface area contributed by atoms with Crippen LogP contribution >= 0.6 is 0 Å². The Kier molecular flexibility index (Phi) is 7.11. The maximum absolute atomic E-state index is 14.4. The molecule has 2 amide bonds. The van der Waals surface area contributed by atoms with Crippen LogP contribution < -0.4 is 15.0 Å². The molecule has 37 heavy (non-hydrogen) atoms. The molecule has 0 radical (unpaired) electrons. The van der Waals surface area contributed by atoms with Gasteiger partial charge in [0.25, 0.3) is 0 Å². The van der Waals surface area contributed by atoms with Crippen LogP contribution in [0.5, 0.6) is 5.75 Å². The number of fused-ring (bicyclic) bond motifs is 1. The highest BCUT2D eigenvalue weighted by molar-refractivity contribution is 6.01. The monoisotopic (exact) mass is 501 g/mol. The highest BCUT2D eigenvalue weighted by Crippen LogP contribution is 2.32. The second kappa shape index (κ2) is 10.8. The SMILES string of the molecule is COc1cccc(C(C(=O)NC2CCCC2)N(C(=O)Cn2nnc3ccccc32)c2cccc(F)c2)c1. The molecule has 0 saturated heterocycles. The van der Waals surface area contributed by atoms with Crippen molar-refractivity contribution in [3.63, 3.8) is 0 Å². The number of ether oxygens (including phenoxy) is 1. The lowest BCUT2D eigenvalue weighted by atomic mass is 10.0. The molecule has 4 aromatic rings. The second-order valence-corrected chi connectivity index (χ2v) is 9.15. The number of para-hydroxylation sites is 1. The van der Waals surface area contributed by atoms with Gasteiger partial charge < -0.3 is 10.1 Å². The van der Waals surface area contributed by atoms with Gasteiger partial charge in [-0.05, 0) is 60.9 Å². The Morgan fingerprint density at radius 2 is 1.86 bits per heavy atom. The topological polar surface area (TPSA) is 89.4 Å². The van der Waals surface area contributed by atoms with Crippen LogP contribution in [0.2, 0.25) is 0 Å². The van der Waals surface area contributed by atoms with Crippen molar-refractivity contribution in [2.24, 2.45) is 0 Å². The summed E-state index contributed by atoms with van der Waals surface area (Å²) in [6.45, 7) is -0.186. The number of rotatable bonds is 8. The van der Waals surface area contributed by atoms with Crippen LogP contribution in [0, 0.1) is 5.82 Å². The van der Waals surface area contributed by atoms with E-state index < -0.39 is 17.8 Å². The van der Waals surface area contributed by atoms with Gasteiger partial charge >= 0.3 is 0 Å². The third kappa shape index (κ3) is 5.30. The van der Waals surface area contributed by atoms with Crippen molar-refractivity contribution < 1.29 is 18.7 Å². The van der Waals surface area contributed by atoms with E-state index in [0.717, 1.165) is 25.7 Å². The molecule has 1 aromatic heterocycles. The van der Waals surface area contributed by atoms with Crippen molar-refractivity contribution >= 4 is 28.5 Å². The molecular weight excluding hydrogens is 473 g/mol. The molecule has 190 valence electrons. The summed E-state index contributed by atoms with van der Waals surface area (Å²) in [6, 6.07) is 19.0. The second-order valence-electron chi connectivity index (χ2n) is 9.15. The van der Waals surface area contributed by atoms with E-state index in [4.69, 9.17) is 4.74 Å². The van der Waals surface area contributed by atoms with Crippen molar-refractivity contribution in [1.29, 1.82) is 0 Å². The maximum Gasteiger partial charge on any atom is 0.249 e. The van der Waals surface area contributed by atoms with Gasteiger partial charge in [-0.15, -0.1) is 5.10 Å². The zero-order valence-corrected chi connectivity index (χ0v) is 20.5. The van der Waals surface area contributed by atoms with Crippen LogP contribution in [0.15, 0.2) is 72.8 Å². The van der Waals surface area contributed by atoms with Crippen LogP contribution in [-0.2, 0) is 16.1 Å². The summed E-state index contributed by atoms with van der Waals surface area (Å²) in [5.74, 6) is -0.732. The molecule has 9 heteroatoms. The fourth-order valence-corrected chi connectivity index (χ4v) is 4.88. The first-order chi connectivity index (χ1) is 18.0. The predicted molar refractivity (Wildman–Crippen MR) is 138 cm³/mol.